The topological polar surface area (TPSA) is 35.5 Å². The maximum atomic E-state index is 10.2. The average molecular weight is 286 g/mol. The molecule has 1 atom stereocenters. The predicted molar refractivity (Wildman–Crippen MR) is 91.0 cm³/mol. The molecule has 0 aliphatic carbocycles. The smallest absolute Gasteiger partial charge is 0.0839 e. The number of nitrogens with one attached hydrogen (secondary N) is 1. The highest BCUT2D eigenvalue weighted by Crippen LogP contribution is 2.26. The van der Waals surface area contributed by atoms with E-state index in [1.54, 1.807) is 0 Å². The van der Waals surface area contributed by atoms with Crippen LogP contribution in [0.2, 0.25) is 0 Å². The second kappa shape index (κ2) is 7.43. The first kappa shape index (κ1) is 15.8. The molecule has 0 fully saturated rings. The van der Waals surface area contributed by atoms with Gasteiger partial charge < -0.3 is 15.3 Å². The Kier molecular flexibility index (Phi) is 5.59. The molecule has 0 spiro atoms. The predicted octanol–water partition coefficient (Wildman–Crippen LogP) is 3.03. The number of likely N-dealkylation sites (N-methyl/N-ethyl adjacent to an activating group) is 1. The van der Waals surface area contributed by atoms with E-state index in [4.69, 9.17) is 0 Å². The van der Waals surface area contributed by atoms with Crippen molar-refractivity contribution in [3.8, 4) is 0 Å². The number of fused-ring (bicyclic) bond motifs is 1. The number of hydrogen-bond acceptors (Lipinski definition) is 3. The summed E-state index contributed by atoms with van der Waals surface area (Å²) in [7, 11) is 0. The summed E-state index contributed by atoms with van der Waals surface area (Å²) in [5.74, 6) is 0. The van der Waals surface area contributed by atoms with Crippen LogP contribution in [0.25, 0.3) is 10.8 Å². The lowest BCUT2D eigenvalue weighted by Gasteiger charge is -2.27. The standard InChI is InChI=1S/C18H26N2O/c1-4-20(13-16(21)12-19-14(2)3)18-11-7-9-15-8-5-6-10-17(15)18/h5-11,14,16,19,21H,4,12-13H2,1-3H3. The minimum Gasteiger partial charge on any atom is -0.390 e. The van der Waals surface area contributed by atoms with E-state index in [1.165, 1.54) is 16.5 Å². The summed E-state index contributed by atoms with van der Waals surface area (Å²) in [4.78, 5) is 2.25. The molecule has 0 aliphatic heterocycles. The van der Waals surface area contributed by atoms with Gasteiger partial charge in [0.1, 0.15) is 0 Å². The molecule has 0 heterocycles. The molecule has 2 rings (SSSR count). The van der Waals surface area contributed by atoms with E-state index in [2.05, 4.69) is 73.5 Å². The number of aliphatic hydroxyl groups excluding tert-OH is 1. The molecule has 0 radical (unpaired) electrons. The fourth-order valence-corrected chi connectivity index (χ4v) is 2.57. The first-order valence-corrected chi connectivity index (χ1v) is 7.76. The fraction of sp³-hybridized carbons (Fsp3) is 0.444. The van der Waals surface area contributed by atoms with Gasteiger partial charge in [-0.15, -0.1) is 0 Å². The zero-order valence-electron chi connectivity index (χ0n) is 13.2. The zero-order valence-corrected chi connectivity index (χ0v) is 13.2. The van der Waals surface area contributed by atoms with Gasteiger partial charge in [-0.3, -0.25) is 0 Å². The second-order valence-corrected chi connectivity index (χ2v) is 5.75. The van der Waals surface area contributed by atoms with E-state index in [9.17, 15) is 5.11 Å². The number of benzene rings is 2. The number of rotatable bonds is 7. The molecule has 2 aromatic carbocycles. The lowest BCUT2D eigenvalue weighted by Crippen LogP contribution is -2.40. The van der Waals surface area contributed by atoms with Crippen LogP contribution in [-0.2, 0) is 0 Å². The van der Waals surface area contributed by atoms with Crippen LogP contribution in [0.5, 0.6) is 0 Å². The maximum Gasteiger partial charge on any atom is 0.0839 e. The molecular weight excluding hydrogens is 260 g/mol. The average Bonchev–Trinajstić information content (AvgIpc) is 2.50. The third-order valence-corrected chi connectivity index (χ3v) is 3.68. The van der Waals surface area contributed by atoms with Crippen molar-refractivity contribution >= 4 is 16.5 Å². The monoisotopic (exact) mass is 286 g/mol. The van der Waals surface area contributed by atoms with Crippen LogP contribution >= 0.6 is 0 Å². The van der Waals surface area contributed by atoms with E-state index >= 15 is 0 Å². The van der Waals surface area contributed by atoms with Gasteiger partial charge in [0, 0.05) is 36.7 Å². The van der Waals surface area contributed by atoms with Crippen LogP contribution < -0.4 is 10.2 Å². The third-order valence-electron chi connectivity index (χ3n) is 3.68. The largest absolute Gasteiger partial charge is 0.390 e. The molecule has 3 nitrogen and oxygen atoms in total. The minimum absolute atomic E-state index is 0.369. The molecule has 3 heteroatoms. The molecular formula is C18H26N2O. The van der Waals surface area contributed by atoms with Crippen LogP contribution in [0.4, 0.5) is 5.69 Å². The van der Waals surface area contributed by atoms with Gasteiger partial charge in [0.15, 0.2) is 0 Å². The molecule has 114 valence electrons. The Balaban J connectivity index is 2.16. The number of nitrogens with zero attached hydrogens (tertiary/aromatic N) is 1. The highest BCUT2D eigenvalue weighted by Gasteiger charge is 2.13. The number of hydrogen-bond donors (Lipinski definition) is 2. The summed E-state index contributed by atoms with van der Waals surface area (Å²) < 4.78 is 0. The molecule has 21 heavy (non-hydrogen) atoms. The highest BCUT2D eigenvalue weighted by molar-refractivity contribution is 5.94. The van der Waals surface area contributed by atoms with Gasteiger partial charge in [0.2, 0.25) is 0 Å². The Morgan fingerprint density at radius 1 is 1.10 bits per heavy atom. The van der Waals surface area contributed by atoms with Crippen molar-refractivity contribution in [2.24, 2.45) is 0 Å². The van der Waals surface area contributed by atoms with Crippen molar-refractivity contribution in [1.82, 2.24) is 5.32 Å². The van der Waals surface area contributed by atoms with Crippen molar-refractivity contribution in [2.45, 2.75) is 32.9 Å². The Morgan fingerprint density at radius 2 is 1.81 bits per heavy atom. The molecule has 0 saturated heterocycles. The maximum absolute atomic E-state index is 10.2. The molecule has 0 aliphatic rings. The molecule has 2 N–H and O–H groups in total. The SMILES string of the molecule is CCN(CC(O)CNC(C)C)c1cccc2ccccc12. The quantitative estimate of drug-likeness (QED) is 0.821. The zero-order chi connectivity index (χ0) is 15.2. The van der Waals surface area contributed by atoms with E-state index < -0.39 is 0 Å². The summed E-state index contributed by atoms with van der Waals surface area (Å²) >= 11 is 0. The molecule has 0 amide bonds. The lowest BCUT2D eigenvalue weighted by molar-refractivity contribution is 0.174. The summed E-state index contributed by atoms with van der Waals surface area (Å²) in [6.07, 6.45) is -0.369. The first-order chi connectivity index (χ1) is 10.1. The summed E-state index contributed by atoms with van der Waals surface area (Å²) in [5, 5.41) is 16.0. The molecule has 0 aromatic heterocycles. The van der Waals surface area contributed by atoms with Crippen molar-refractivity contribution in [3.63, 3.8) is 0 Å². The molecule has 0 saturated carbocycles. The minimum atomic E-state index is -0.369. The van der Waals surface area contributed by atoms with Crippen molar-refractivity contribution in [3.05, 3.63) is 42.5 Å². The fourth-order valence-electron chi connectivity index (χ4n) is 2.57. The van der Waals surface area contributed by atoms with Crippen LogP contribution in [0, 0.1) is 0 Å². The highest BCUT2D eigenvalue weighted by atomic mass is 16.3. The third kappa shape index (κ3) is 4.19. The first-order valence-electron chi connectivity index (χ1n) is 7.76. The van der Waals surface area contributed by atoms with Crippen molar-refractivity contribution in [1.29, 1.82) is 0 Å². The normalized spacial score (nSPS) is 12.8. The van der Waals surface area contributed by atoms with Gasteiger partial charge in [0.05, 0.1) is 6.10 Å². The summed E-state index contributed by atoms with van der Waals surface area (Å²) in [5.41, 5.74) is 1.19. The second-order valence-electron chi connectivity index (χ2n) is 5.75. The van der Waals surface area contributed by atoms with E-state index in [0.29, 0.717) is 19.1 Å². The number of aliphatic hydroxyl groups is 1. The molecule has 0 bridgehead atoms. The molecule has 1 unspecified atom stereocenters. The van der Waals surface area contributed by atoms with Crippen LogP contribution in [0.15, 0.2) is 42.5 Å². The Labute approximate surface area is 127 Å². The van der Waals surface area contributed by atoms with Crippen molar-refractivity contribution in [2.75, 3.05) is 24.5 Å². The van der Waals surface area contributed by atoms with Gasteiger partial charge in [0.25, 0.3) is 0 Å². The van der Waals surface area contributed by atoms with Gasteiger partial charge in [-0.2, -0.15) is 0 Å². The lowest BCUT2D eigenvalue weighted by atomic mass is 10.1. The van der Waals surface area contributed by atoms with Crippen LogP contribution in [0.1, 0.15) is 20.8 Å². The molecule has 2 aromatic rings. The van der Waals surface area contributed by atoms with Gasteiger partial charge in [-0.05, 0) is 18.4 Å². The van der Waals surface area contributed by atoms with Crippen LogP contribution in [-0.4, -0.2) is 36.9 Å². The van der Waals surface area contributed by atoms with Gasteiger partial charge >= 0.3 is 0 Å². The Hall–Kier alpha value is -1.58. The van der Waals surface area contributed by atoms with E-state index in [1.807, 2.05) is 0 Å². The Bertz CT molecular complexity index is 563. The Morgan fingerprint density at radius 3 is 2.52 bits per heavy atom. The van der Waals surface area contributed by atoms with Gasteiger partial charge in [-0.25, -0.2) is 0 Å². The summed E-state index contributed by atoms with van der Waals surface area (Å²) in [6, 6.07) is 15.1. The van der Waals surface area contributed by atoms with Gasteiger partial charge in [-0.1, -0.05) is 50.2 Å². The van der Waals surface area contributed by atoms with Crippen molar-refractivity contribution < 1.29 is 5.11 Å². The summed E-state index contributed by atoms with van der Waals surface area (Å²) in [6.45, 7) is 8.46. The van der Waals surface area contributed by atoms with Crippen LogP contribution in [0.3, 0.4) is 0 Å². The van der Waals surface area contributed by atoms with E-state index in [-0.39, 0.29) is 6.10 Å². The van der Waals surface area contributed by atoms with E-state index in [0.717, 1.165) is 6.54 Å². The number of anilines is 1.